The van der Waals surface area contributed by atoms with E-state index in [0.717, 1.165) is 11.1 Å². The lowest BCUT2D eigenvalue weighted by Gasteiger charge is -2.23. The summed E-state index contributed by atoms with van der Waals surface area (Å²) in [5, 5.41) is 7.54. The summed E-state index contributed by atoms with van der Waals surface area (Å²) in [6.45, 7) is 4.30. The predicted octanol–water partition coefficient (Wildman–Crippen LogP) is 5.81. The Morgan fingerprint density at radius 1 is 0.973 bits per heavy atom. The molecule has 7 heteroatoms. The van der Waals surface area contributed by atoms with E-state index in [-0.39, 0.29) is 30.1 Å². The van der Waals surface area contributed by atoms with Crippen LogP contribution in [-0.2, 0) is 9.59 Å². The van der Waals surface area contributed by atoms with Crippen LogP contribution in [0.15, 0.2) is 97.1 Å². The summed E-state index contributed by atoms with van der Waals surface area (Å²) in [6, 6.07) is 26.7. The molecule has 4 rings (SSSR count). The molecule has 37 heavy (non-hydrogen) atoms. The second-order valence-electron chi connectivity index (χ2n) is 9.07. The van der Waals surface area contributed by atoms with E-state index in [1.54, 1.807) is 29.0 Å². The molecule has 0 bridgehead atoms. The van der Waals surface area contributed by atoms with E-state index < -0.39 is 0 Å². The highest BCUT2D eigenvalue weighted by Gasteiger charge is 2.19. The summed E-state index contributed by atoms with van der Waals surface area (Å²) in [6.07, 6.45) is 3.23. The molecule has 188 valence electrons. The number of hydrogen-bond acceptors (Lipinski definition) is 3. The van der Waals surface area contributed by atoms with Crippen molar-refractivity contribution in [2.24, 2.45) is 5.92 Å². The number of rotatable bonds is 9. The van der Waals surface area contributed by atoms with Crippen LogP contribution in [-0.4, -0.2) is 39.6 Å². The number of hydrogen-bond donors (Lipinski definition) is 1. The lowest BCUT2D eigenvalue weighted by molar-refractivity contribution is -0.131. The molecule has 0 aliphatic heterocycles. The zero-order valence-electron chi connectivity index (χ0n) is 20.8. The van der Waals surface area contributed by atoms with E-state index >= 15 is 0 Å². The highest BCUT2D eigenvalue weighted by atomic mass is 19.1. The molecule has 0 radical (unpaired) electrons. The van der Waals surface area contributed by atoms with Crippen LogP contribution in [0, 0.1) is 11.7 Å². The first-order valence-electron chi connectivity index (χ1n) is 12.1. The molecule has 2 amide bonds. The van der Waals surface area contributed by atoms with Crippen molar-refractivity contribution in [2.75, 3.05) is 18.4 Å². The van der Waals surface area contributed by atoms with Crippen LogP contribution >= 0.6 is 0 Å². The molecule has 0 saturated carbocycles. The molecule has 0 aliphatic carbocycles. The second kappa shape index (κ2) is 11.9. The minimum Gasteiger partial charge on any atom is -0.330 e. The minimum atomic E-state index is -0.365. The molecule has 0 unspecified atom stereocenters. The zero-order valence-corrected chi connectivity index (χ0v) is 20.8. The van der Waals surface area contributed by atoms with Crippen LogP contribution in [0.25, 0.3) is 23.0 Å². The number of amides is 2. The zero-order chi connectivity index (χ0) is 26.2. The van der Waals surface area contributed by atoms with Crippen molar-refractivity contribution >= 4 is 23.7 Å². The quantitative estimate of drug-likeness (QED) is 0.297. The number of nitrogens with one attached hydrogen (secondary N) is 1. The number of benzene rings is 3. The fraction of sp³-hybridized carbons (Fsp3) is 0.167. The van der Waals surface area contributed by atoms with Gasteiger partial charge in [0.15, 0.2) is 0 Å². The number of aromatic nitrogens is 2. The van der Waals surface area contributed by atoms with Crippen molar-refractivity contribution in [1.29, 1.82) is 0 Å². The number of anilines is 1. The maximum atomic E-state index is 13.5. The predicted molar refractivity (Wildman–Crippen MR) is 144 cm³/mol. The molecule has 0 aliphatic rings. The highest BCUT2D eigenvalue weighted by molar-refractivity contribution is 5.98. The van der Waals surface area contributed by atoms with Crippen LogP contribution in [0.3, 0.4) is 0 Å². The highest BCUT2D eigenvalue weighted by Crippen LogP contribution is 2.25. The Hall–Kier alpha value is -4.52. The molecule has 0 atom stereocenters. The largest absolute Gasteiger partial charge is 0.330 e. The van der Waals surface area contributed by atoms with Gasteiger partial charge in [-0.15, -0.1) is 0 Å². The third-order valence-corrected chi connectivity index (χ3v) is 5.57. The average molecular weight is 497 g/mol. The van der Waals surface area contributed by atoms with Crippen molar-refractivity contribution in [1.82, 2.24) is 14.7 Å². The molecule has 0 spiro atoms. The van der Waals surface area contributed by atoms with Gasteiger partial charge in [0, 0.05) is 24.3 Å². The Labute approximate surface area is 216 Å². The lowest BCUT2D eigenvalue weighted by atomic mass is 10.1. The van der Waals surface area contributed by atoms with Crippen molar-refractivity contribution < 1.29 is 14.0 Å². The van der Waals surface area contributed by atoms with Crippen LogP contribution in [0.1, 0.15) is 19.4 Å². The van der Waals surface area contributed by atoms with Gasteiger partial charge in [-0.2, -0.15) is 5.10 Å². The van der Waals surface area contributed by atoms with Gasteiger partial charge in [-0.1, -0.05) is 74.5 Å². The average Bonchev–Trinajstić information content (AvgIpc) is 3.31. The Kier molecular flexibility index (Phi) is 8.26. The fourth-order valence-corrected chi connectivity index (χ4v) is 3.87. The van der Waals surface area contributed by atoms with E-state index in [2.05, 4.69) is 10.4 Å². The number of halogens is 1. The molecule has 0 fully saturated rings. The number of carbonyl (C=O) groups is 2. The Morgan fingerprint density at radius 2 is 1.62 bits per heavy atom. The van der Waals surface area contributed by atoms with Gasteiger partial charge in [-0.3, -0.25) is 9.59 Å². The monoisotopic (exact) mass is 496 g/mol. The van der Waals surface area contributed by atoms with Gasteiger partial charge >= 0.3 is 0 Å². The van der Waals surface area contributed by atoms with Gasteiger partial charge in [-0.05, 0) is 41.8 Å². The first kappa shape index (κ1) is 25.6. The minimum absolute atomic E-state index is 0.120. The molecule has 0 saturated heterocycles. The maximum absolute atomic E-state index is 13.5. The first-order chi connectivity index (χ1) is 17.9. The van der Waals surface area contributed by atoms with E-state index in [1.165, 1.54) is 23.1 Å². The third kappa shape index (κ3) is 7.01. The van der Waals surface area contributed by atoms with Crippen molar-refractivity contribution in [3.05, 3.63) is 108 Å². The van der Waals surface area contributed by atoms with Gasteiger partial charge < -0.3 is 10.2 Å². The van der Waals surface area contributed by atoms with Gasteiger partial charge in [0.2, 0.25) is 11.8 Å². The summed E-state index contributed by atoms with van der Waals surface area (Å²) in [7, 11) is 0. The number of nitrogens with zero attached hydrogens (tertiary/aromatic N) is 3. The van der Waals surface area contributed by atoms with Crippen molar-refractivity contribution in [2.45, 2.75) is 13.8 Å². The normalized spacial score (nSPS) is 11.1. The summed E-state index contributed by atoms with van der Waals surface area (Å²) in [5.74, 6) is -0.366. The van der Waals surface area contributed by atoms with E-state index in [4.69, 9.17) is 0 Å². The smallest absolute Gasteiger partial charge is 0.247 e. The van der Waals surface area contributed by atoms with E-state index in [0.29, 0.717) is 23.7 Å². The van der Waals surface area contributed by atoms with Crippen LogP contribution in [0.4, 0.5) is 10.2 Å². The molecule has 3 aromatic carbocycles. The van der Waals surface area contributed by atoms with Gasteiger partial charge in [0.1, 0.15) is 18.2 Å². The first-order valence-corrected chi connectivity index (χ1v) is 12.1. The summed E-state index contributed by atoms with van der Waals surface area (Å²) >= 11 is 0. The summed E-state index contributed by atoms with van der Waals surface area (Å²) in [4.78, 5) is 27.6. The topological polar surface area (TPSA) is 67.2 Å². The standard InChI is InChI=1S/C30H29FN4O2/c1-22(2)20-34(30(37)18-13-23-9-5-3-6-10-23)21-29(36)32-28-19-27(24-11-7-4-8-12-24)33-35(28)26-16-14-25(31)15-17-26/h3-19,22H,20-21H2,1-2H3,(H,32,36)/b18-13+. The fourth-order valence-electron chi connectivity index (χ4n) is 3.87. The molecular weight excluding hydrogens is 467 g/mol. The van der Waals surface area contributed by atoms with E-state index in [1.807, 2.05) is 74.5 Å². The lowest BCUT2D eigenvalue weighted by Crippen LogP contribution is -2.39. The van der Waals surface area contributed by atoms with Crippen LogP contribution < -0.4 is 5.32 Å². The summed E-state index contributed by atoms with van der Waals surface area (Å²) < 4.78 is 15.1. The Balaban J connectivity index is 1.56. The second-order valence-corrected chi connectivity index (χ2v) is 9.07. The van der Waals surface area contributed by atoms with Gasteiger partial charge in [-0.25, -0.2) is 9.07 Å². The van der Waals surface area contributed by atoms with Gasteiger partial charge in [0.05, 0.1) is 11.4 Å². The maximum Gasteiger partial charge on any atom is 0.247 e. The molecule has 6 nitrogen and oxygen atoms in total. The molecule has 1 aromatic heterocycles. The molecule has 4 aromatic rings. The molecule has 1 N–H and O–H groups in total. The molecule has 1 heterocycles. The molecular formula is C30H29FN4O2. The summed E-state index contributed by atoms with van der Waals surface area (Å²) in [5.41, 5.74) is 3.03. The third-order valence-electron chi connectivity index (χ3n) is 5.57. The van der Waals surface area contributed by atoms with Crippen molar-refractivity contribution in [3.8, 4) is 16.9 Å². The number of carbonyl (C=O) groups excluding carboxylic acids is 2. The van der Waals surface area contributed by atoms with Crippen LogP contribution in [0.5, 0.6) is 0 Å². The Bertz CT molecular complexity index is 1360. The van der Waals surface area contributed by atoms with Crippen molar-refractivity contribution in [3.63, 3.8) is 0 Å². The van der Waals surface area contributed by atoms with E-state index in [9.17, 15) is 14.0 Å². The van der Waals surface area contributed by atoms with Crippen LogP contribution in [0.2, 0.25) is 0 Å². The Morgan fingerprint density at radius 3 is 2.27 bits per heavy atom. The SMILES string of the molecule is CC(C)CN(CC(=O)Nc1cc(-c2ccccc2)nn1-c1ccc(F)cc1)C(=O)/C=C/c1ccccc1. The van der Waals surface area contributed by atoms with Gasteiger partial charge in [0.25, 0.3) is 0 Å².